The van der Waals surface area contributed by atoms with Gasteiger partial charge < -0.3 is 10.6 Å². The van der Waals surface area contributed by atoms with Gasteiger partial charge in [-0.25, -0.2) is 0 Å². The largest absolute Gasteiger partial charge is 0.374 e. The summed E-state index contributed by atoms with van der Waals surface area (Å²) in [6, 6.07) is 0. The van der Waals surface area contributed by atoms with Gasteiger partial charge in [-0.15, -0.1) is 10.2 Å². The number of thioether (sulfide) groups is 1. The molecule has 0 aromatic carbocycles. The van der Waals surface area contributed by atoms with E-state index in [0.717, 1.165) is 17.4 Å². The summed E-state index contributed by atoms with van der Waals surface area (Å²) in [6.07, 6.45) is 1.21. The lowest BCUT2D eigenvalue weighted by molar-refractivity contribution is -0.132. The lowest BCUT2D eigenvalue weighted by atomic mass is 9.92. The number of hydrogen-bond acceptors (Lipinski definition) is 6. The Morgan fingerprint density at radius 3 is 2.58 bits per heavy atom. The van der Waals surface area contributed by atoms with E-state index >= 15 is 0 Å². The topological polar surface area (TPSA) is 72.1 Å². The van der Waals surface area contributed by atoms with Crippen molar-refractivity contribution in [2.45, 2.75) is 36.8 Å². The van der Waals surface area contributed by atoms with E-state index in [1.165, 1.54) is 29.5 Å². The number of rotatable bonds is 3. The van der Waals surface area contributed by atoms with Crippen LogP contribution in [0.5, 0.6) is 0 Å². The smallest absolute Gasteiger partial charge is 0.235 e. The summed E-state index contributed by atoms with van der Waals surface area (Å²) >= 11 is 2.77. The summed E-state index contributed by atoms with van der Waals surface area (Å²) in [5, 5.41) is 8.03. The molecule has 5 nitrogen and oxygen atoms in total. The van der Waals surface area contributed by atoms with E-state index < -0.39 is 0 Å². The maximum atomic E-state index is 12.4. The van der Waals surface area contributed by atoms with Crippen LogP contribution in [0.4, 0.5) is 5.13 Å². The first kappa shape index (κ1) is 14.6. The molecule has 7 heteroatoms. The van der Waals surface area contributed by atoms with Crippen molar-refractivity contribution in [1.82, 2.24) is 15.1 Å². The maximum Gasteiger partial charge on any atom is 0.235 e. The fourth-order valence-electron chi connectivity index (χ4n) is 2.57. The predicted molar refractivity (Wildman–Crippen MR) is 79.2 cm³/mol. The lowest BCUT2D eigenvalue weighted by Crippen LogP contribution is -2.45. The number of nitrogens with two attached hydrogens (primary N) is 1. The first-order valence-corrected chi connectivity index (χ1v) is 8.19. The van der Waals surface area contributed by atoms with Crippen molar-refractivity contribution in [2.24, 2.45) is 11.8 Å². The van der Waals surface area contributed by atoms with Crippen molar-refractivity contribution >= 4 is 34.1 Å². The fourth-order valence-corrected chi connectivity index (χ4v) is 4.43. The minimum absolute atomic E-state index is 0.134. The van der Waals surface area contributed by atoms with Crippen LogP contribution in [0.3, 0.4) is 0 Å². The van der Waals surface area contributed by atoms with Crippen LogP contribution in [0, 0.1) is 11.8 Å². The molecule has 1 aromatic rings. The zero-order valence-electron chi connectivity index (χ0n) is 11.5. The Labute approximate surface area is 122 Å². The SMILES string of the molecule is C[C@@H]1C[C@H](C)CN(C(=O)[C@H](C)Sc2nnc(N)s2)C1. The number of anilines is 1. The number of nitrogen functional groups attached to an aromatic ring is 1. The molecular formula is C12H20N4OS2. The van der Waals surface area contributed by atoms with E-state index in [4.69, 9.17) is 5.73 Å². The molecular weight excluding hydrogens is 280 g/mol. The number of aromatic nitrogens is 2. The molecule has 1 saturated heterocycles. The molecule has 1 aliphatic heterocycles. The Balaban J connectivity index is 1.94. The highest BCUT2D eigenvalue weighted by Crippen LogP contribution is 2.30. The van der Waals surface area contributed by atoms with Gasteiger partial charge in [0.1, 0.15) is 0 Å². The van der Waals surface area contributed by atoms with Crippen molar-refractivity contribution < 1.29 is 4.79 Å². The van der Waals surface area contributed by atoms with E-state index in [0.29, 0.717) is 17.0 Å². The molecule has 2 rings (SSSR count). The molecule has 0 bridgehead atoms. The van der Waals surface area contributed by atoms with Crippen LogP contribution in [0.2, 0.25) is 0 Å². The number of hydrogen-bond donors (Lipinski definition) is 1. The number of piperidine rings is 1. The zero-order chi connectivity index (χ0) is 14.0. The number of carbonyl (C=O) groups excluding carboxylic acids is 1. The fraction of sp³-hybridized carbons (Fsp3) is 0.750. The summed E-state index contributed by atoms with van der Waals surface area (Å²) in [4.78, 5) is 14.4. The summed E-state index contributed by atoms with van der Waals surface area (Å²) in [6.45, 7) is 8.07. The Morgan fingerprint density at radius 2 is 2.05 bits per heavy atom. The van der Waals surface area contributed by atoms with Gasteiger partial charge in [0.05, 0.1) is 5.25 Å². The average molecular weight is 300 g/mol. The summed E-state index contributed by atoms with van der Waals surface area (Å²) in [5.74, 6) is 1.36. The van der Waals surface area contributed by atoms with Gasteiger partial charge in [-0.05, 0) is 25.2 Å². The predicted octanol–water partition coefficient (Wildman–Crippen LogP) is 2.11. The third-order valence-electron chi connectivity index (χ3n) is 3.23. The number of amides is 1. The van der Waals surface area contributed by atoms with Gasteiger partial charge in [-0.1, -0.05) is 36.9 Å². The minimum Gasteiger partial charge on any atom is -0.374 e. The van der Waals surface area contributed by atoms with Gasteiger partial charge in [0.2, 0.25) is 11.0 Å². The van der Waals surface area contributed by atoms with E-state index in [-0.39, 0.29) is 11.2 Å². The van der Waals surface area contributed by atoms with Crippen LogP contribution in [-0.2, 0) is 4.79 Å². The second-order valence-corrected chi connectivity index (χ2v) is 7.95. The zero-order valence-corrected chi connectivity index (χ0v) is 13.1. The van der Waals surface area contributed by atoms with Crippen LogP contribution in [-0.4, -0.2) is 39.3 Å². The standard InChI is InChI=1S/C12H20N4OS2/c1-7-4-8(2)6-16(5-7)10(17)9(3)18-12-15-14-11(13)19-12/h7-9H,4-6H2,1-3H3,(H2,13,14)/t7-,8+,9-/m0/s1. The van der Waals surface area contributed by atoms with Crippen molar-refractivity contribution in [2.75, 3.05) is 18.8 Å². The Hall–Kier alpha value is -0.820. The van der Waals surface area contributed by atoms with Crippen molar-refractivity contribution in [3.8, 4) is 0 Å². The van der Waals surface area contributed by atoms with E-state index in [2.05, 4.69) is 24.0 Å². The van der Waals surface area contributed by atoms with E-state index in [1.54, 1.807) is 0 Å². The second-order valence-electron chi connectivity index (χ2n) is 5.36. The molecule has 0 aliphatic carbocycles. The normalized spacial score (nSPS) is 25.3. The molecule has 0 radical (unpaired) electrons. The lowest BCUT2D eigenvalue weighted by Gasteiger charge is -2.36. The monoisotopic (exact) mass is 300 g/mol. The summed E-state index contributed by atoms with van der Waals surface area (Å²) in [7, 11) is 0. The molecule has 2 N–H and O–H groups in total. The van der Waals surface area contributed by atoms with Crippen LogP contribution in [0.1, 0.15) is 27.2 Å². The van der Waals surface area contributed by atoms with Gasteiger partial charge in [0.15, 0.2) is 4.34 Å². The van der Waals surface area contributed by atoms with Gasteiger partial charge in [-0.3, -0.25) is 4.79 Å². The summed E-state index contributed by atoms with van der Waals surface area (Å²) < 4.78 is 0.761. The Kier molecular flexibility index (Phi) is 4.67. The van der Waals surface area contributed by atoms with Gasteiger partial charge >= 0.3 is 0 Å². The Morgan fingerprint density at radius 1 is 1.42 bits per heavy atom. The number of nitrogens with zero attached hydrogens (tertiary/aromatic N) is 3. The number of carbonyl (C=O) groups is 1. The first-order valence-electron chi connectivity index (χ1n) is 6.50. The highest BCUT2D eigenvalue weighted by Gasteiger charge is 2.29. The molecule has 1 fully saturated rings. The van der Waals surface area contributed by atoms with Crippen LogP contribution < -0.4 is 5.73 Å². The molecule has 106 valence electrons. The van der Waals surface area contributed by atoms with Crippen molar-refractivity contribution in [1.29, 1.82) is 0 Å². The average Bonchev–Trinajstić information content (AvgIpc) is 2.72. The molecule has 19 heavy (non-hydrogen) atoms. The van der Waals surface area contributed by atoms with Crippen molar-refractivity contribution in [3.05, 3.63) is 0 Å². The third-order valence-corrected chi connectivity index (χ3v) is 5.15. The molecule has 1 aromatic heterocycles. The minimum atomic E-state index is -0.134. The molecule has 0 saturated carbocycles. The molecule has 2 heterocycles. The van der Waals surface area contributed by atoms with Gasteiger partial charge in [0, 0.05) is 13.1 Å². The Bertz CT molecular complexity index is 441. The third kappa shape index (κ3) is 3.82. The van der Waals surface area contributed by atoms with Gasteiger partial charge in [-0.2, -0.15) is 0 Å². The van der Waals surface area contributed by atoms with Gasteiger partial charge in [0.25, 0.3) is 0 Å². The molecule has 1 aliphatic rings. The first-order chi connectivity index (χ1) is 8.95. The van der Waals surface area contributed by atoms with Crippen molar-refractivity contribution in [3.63, 3.8) is 0 Å². The molecule has 3 atom stereocenters. The number of likely N-dealkylation sites (tertiary alicyclic amines) is 1. The maximum absolute atomic E-state index is 12.4. The molecule has 0 unspecified atom stereocenters. The van der Waals surface area contributed by atoms with Crippen LogP contribution in [0.15, 0.2) is 4.34 Å². The second kappa shape index (κ2) is 6.09. The van der Waals surface area contributed by atoms with Crippen LogP contribution >= 0.6 is 23.1 Å². The quantitative estimate of drug-likeness (QED) is 0.866. The molecule has 1 amide bonds. The van der Waals surface area contributed by atoms with E-state index in [1.807, 2.05) is 11.8 Å². The highest BCUT2D eigenvalue weighted by atomic mass is 32.2. The van der Waals surface area contributed by atoms with Crippen LogP contribution in [0.25, 0.3) is 0 Å². The highest BCUT2D eigenvalue weighted by molar-refractivity contribution is 8.02. The molecule has 0 spiro atoms. The summed E-state index contributed by atoms with van der Waals surface area (Å²) in [5.41, 5.74) is 5.55. The van der Waals surface area contributed by atoms with E-state index in [9.17, 15) is 4.79 Å².